The molecule has 0 heterocycles. The van der Waals surface area contributed by atoms with E-state index in [1.165, 1.54) is 173 Å². The predicted octanol–water partition coefficient (Wildman–Crippen LogP) is 16.2. The van der Waals surface area contributed by atoms with Gasteiger partial charge in [0.05, 0.1) is 23.3 Å². The van der Waals surface area contributed by atoms with Crippen LogP contribution < -0.4 is 10.2 Å². The van der Waals surface area contributed by atoms with Crippen molar-refractivity contribution in [3.05, 3.63) is 96.1 Å². The van der Waals surface area contributed by atoms with Crippen LogP contribution in [0.5, 0.6) is 11.5 Å². The minimum Gasteiger partial charge on any atom is -0.873 e. The number of para-hydroxylation sites is 2. The Hall–Kier alpha value is -3.17. The summed E-state index contributed by atoms with van der Waals surface area (Å²) in [5.74, 6) is -0.752. The van der Waals surface area contributed by atoms with Crippen LogP contribution in [0.25, 0.3) is 0 Å². The quantitative estimate of drug-likeness (QED) is 0.0348. The van der Waals surface area contributed by atoms with E-state index < -0.39 is 0 Å². The SMILES string of the molecule is CCCCCCCCCCCCCCCCCCCCCCCCCCCC=CC(C=Nc1ccccc1)=Nc1ccccc1.CCCc1cc([O-])c([O-])cc1CC.[Ni+2]. The van der Waals surface area contributed by atoms with E-state index in [-0.39, 0.29) is 28.0 Å². The summed E-state index contributed by atoms with van der Waals surface area (Å²) >= 11 is 0. The normalized spacial score (nSPS) is 11.5. The molecule has 0 spiro atoms. The fraction of sp³-hybridized carbons (Fsp3) is 0.593. The van der Waals surface area contributed by atoms with Crippen molar-refractivity contribution in [2.24, 2.45) is 9.98 Å². The number of unbranched alkanes of at least 4 members (excludes halogenated alkanes) is 25. The number of benzene rings is 3. The average molecular weight is 850 g/mol. The van der Waals surface area contributed by atoms with Gasteiger partial charge in [0.2, 0.25) is 0 Å². The van der Waals surface area contributed by atoms with E-state index in [0.717, 1.165) is 53.9 Å². The summed E-state index contributed by atoms with van der Waals surface area (Å²) in [7, 11) is 0. The average Bonchev–Trinajstić information content (AvgIpc) is 3.24. The van der Waals surface area contributed by atoms with Gasteiger partial charge in [-0.1, -0.05) is 236 Å². The van der Waals surface area contributed by atoms with Gasteiger partial charge in [0.25, 0.3) is 0 Å². The maximum absolute atomic E-state index is 11.1. The van der Waals surface area contributed by atoms with Gasteiger partial charge in [-0.25, -0.2) is 4.99 Å². The number of aryl methyl sites for hydroxylation is 2. The van der Waals surface area contributed by atoms with Gasteiger partial charge in [-0.15, -0.1) is 11.5 Å². The maximum atomic E-state index is 11.1. The van der Waals surface area contributed by atoms with E-state index in [1.807, 2.05) is 73.8 Å². The van der Waals surface area contributed by atoms with Gasteiger partial charge < -0.3 is 10.2 Å². The topological polar surface area (TPSA) is 70.8 Å². The molecule has 0 radical (unpaired) electrons. The van der Waals surface area contributed by atoms with Crippen LogP contribution in [-0.2, 0) is 29.3 Å². The Morgan fingerprint density at radius 1 is 0.475 bits per heavy atom. The van der Waals surface area contributed by atoms with Gasteiger partial charge in [-0.3, -0.25) is 4.99 Å². The van der Waals surface area contributed by atoms with Crippen molar-refractivity contribution in [2.45, 2.75) is 207 Å². The number of allylic oxidation sites excluding steroid dienone is 2. The first-order valence-corrected chi connectivity index (χ1v) is 24.0. The van der Waals surface area contributed by atoms with E-state index in [0.29, 0.717) is 0 Å². The zero-order valence-electron chi connectivity index (χ0n) is 37.7. The Morgan fingerprint density at radius 2 is 0.864 bits per heavy atom. The molecule has 3 rings (SSSR count). The van der Waals surface area contributed by atoms with Gasteiger partial charge in [0.15, 0.2) is 0 Å². The maximum Gasteiger partial charge on any atom is 2.00 e. The van der Waals surface area contributed by atoms with Crippen molar-refractivity contribution in [3.8, 4) is 11.5 Å². The van der Waals surface area contributed by atoms with E-state index in [4.69, 9.17) is 4.99 Å². The number of aliphatic imine (C=N–C) groups is 2. The summed E-state index contributed by atoms with van der Waals surface area (Å²) in [4.78, 5) is 9.40. The van der Waals surface area contributed by atoms with Crippen molar-refractivity contribution in [2.75, 3.05) is 0 Å². The van der Waals surface area contributed by atoms with Gasteiger partial charge >= 0.3 is 16.5 Å². The van der Waals surface area contributed by atoms with Crippen LogP contribution >= 0.6 is 0 Å². The van der Waals surface area contributed by atoms with E-state index in [9.17, 15) is 10.2 Å². The number of hydrogen-bond acceptors (Lipinski definition) is 4. The van der Waals surface area contributed by atoms with Crippen molar-refractivity contribution in [1.82, 2.24) is 0 Å². The first kappa shape index (κ1) is 53.9. The third kappa shape index (κ3) is 29.7. The molecule has 4 nitrogen and oxygen atoms in total. The fourth-order valence-corrected chi connectivity index (χ4v) is 7.50. The van der Waals surface area contributed by atoms with Crippen LogP contribution in [-0.4, -0.2) is 11.9 Å². The molecule has 0 bridgehead atoms. The summed E-state index contributed by atoms with van der Waals surface area (Å²) in [5.41, 5.74) is 4.86. The molecular weight excluding hydrogens is 767 g/mol. The van der Waals surface area contributed by atoms with Crippen LogP contribution in [0.4, 0.5) is 11.4 Å². The van der Waals surface area contributed by atoms with Crippen LogP contribution in [0, 0.1) is 0 Å². The van der Waals surface area contributed by atoms with E-state index in [2.05, 4.69) is 31.0 Å². The van der Waals surface area contributed by atoms with Gasteiger partial charge in [0, 0.05) is 0 Å². The van der Waals surface area contributed by atoms with Crippen LogP contribution in [0.1, 0.15) is 205 Å². The number of hydrogen-bond donors (Lipinski definition) is 0. The Labute approximate surface area is 372 Å². The minimum absolute atomic E-state index is 0. The number of rotatable bonds is 33. The molecule has 0 aliphatic carbocycles. The standard InChI is InChI=1S/C43H68N2.C11H16O2.Ni/c1-2-3-4-5-6-7-8-9-10-11-12-13-14-15-16-17-18-19-20-21-22-23-24-25-26-27-30-39-43(45-42-37-33-29-34-38-42)40-44-41-35-31-28-32-36-41;1-3-5-9-7-11(13)10(12)6-8(9)4-2;/h28-40H,2-27H2,1H3;6-7,12-13H,3-5H2,1-2H3;/q;;+2/p-2. The summed E-state index contributed by atoms with van der Waals surface area (Å²) < 4.78 is 0. The van der Waals surface area contributed by atoms with Gasteiger partial charge in [-0.05, 0) is 67.2 Å². The van der Waals surface area contributed by atoms with Crippen LogP contribution in [0.15, 0.2) is 94.9 Å². The second-order valence-electron chi connectivity index (χ2n) is 16.3. The number of nitrogens with zero attached hydrogens (tertiary/aromatic N) is 2. The molecular formula is C54H82N2NiO2. The van der Waals surface area contributed by atoms with Crippen LogP contribution in [0.3, 0.4) is 0 Å². The molecule has 0 N–H and O–H groups in total. The molecule has 59 heavy (non-hydrogen) atoms. The molecule has 0 aliphatic heterocycles. The molecule has 0 amide bonds. The molecule has 5 heteroatoms. The molecule has 330 valence electrons. The second-order valence-corrected chi connectivity index (χ2v) is 16.3. The Kier molecular flexibility index (Phi) is 35.6. The summed E-state index contributed by atoms with van der Waals surface area (Å²) in [5, 5.41) is 22.1. The molecule has 0 aromatic heterocycles. The molecule has 0 atom stereocenters. The van der Waals surface area contributed by atoms with Gasteiger partial charge in [-0.2, -0.15) is 0 Å². The second kappa shape index (κ2) is 39.0. The van der Waals surface area contributed by atoms with Crippen molar-refractivity contribution in [1.29, 1.82) is 0 Å². The van der Waals surface area contributed by atoms with Crippen LogP contribution in [0.2, 0.25) is 0 Å². The third-order valence-electron chi connectivity index (χ3n) is 11.0. The zero-order valence-corrected chi connectivity index (χ0v) is 38.7. The molecule has 3 aromatic rings. The van der Waals surface area contributed by atoms with E-state index in [1.54, 1.807) is 0 Å². The molecule has 0 aliphatic rings. The third-order valence-corrected chi connectivity index (χ3v) is 11.0. The van der Waals surface area contributed by atoms with Crippen molar-refractivity contribution >= 4 is 23.3 Å². The molecule has 0 saturated heterocycles. The zero-order chi connectivity index (χ0) is 41.6. The molecule has 3 aromatic carbocycles. The van der Waals surface area contributed by atoms with E-state index >= 15 is 0 Å². The van der Waals surface area contributed by atoms with Crippen molar-refractivity contribution in [3.63, 3.8) is 0 Å². The van der Waals surface area contributed by atoms with Crippen molar-refractivity contribution < 1.29 is 26.7 Å². The Bertz CT molecular complexity index is 1470. The summed E-state index contributed by atoms with van der Waals surface area (Å²) in [6, 6.07) is 23.2. The molecule has 0 fully saturated rings. The largest absolute Gasteiger partial charge is 2.00 e. The first-order valence-electron chi connectivity index (χ1n) is 24.0. The minimum atomic E-state index is -0.378. The smallest absolute Gasteiger partial charge is 0.873 e. The predicted molar refractivity (Wildman–Crippen MR) is 252 cm³/mol. The summed E-state index contributed by atoms with van der Waals surface area (Å²) in [6.45, 7) is 6.37. The van der Waals surface area contributed by atoms with Gasteiger partial charge in [0.1, 0.15) is 0 Å². The Balaban J connectivity index is 0.00000105. The Morgan fingerprint density at radius 3 is 1.27 bits per heavy atom. The summed E-state index contributed by atoms with van der Waals surface area (Å²) in [6.07, 6.45) is 46.0. The molecule has 0 saturated carbocycles. The molecule has 0 unspecified atom stereocenters. The fourth-order valence-electron chi connectivity index (χ4n) is 7.50. The monoisotopic (exact) mass is 849 g/mol. The first-order chi connectivity index (χ1) is 28.6.